The Morgan fingerprint density at radius 2 is 2.25 bits per heavy atom. The number of likely N-dealkylation sites (tertiary alicyclic amines) is 1. The predicted molar refractivity (Wildman–Crippen MR) is 76.3 cm³/mol. The summed E-state index contributed by atoms with van der Waals surface area (Å²) < 4.78 is 7.16. The topological polar surface area (TPSA) is 63.4 Å². The Morgan fingerprint density at radius 3 is 2.95 bits per heavy atom. The number of β-amino-alcohol motifs (C(OH)–C–C–N with tert-alkyl or cyclic N) is 1. The molecular weight excluding hydrogens is 256 g/mol. The SMILES string of the molecule is COC[C@@H](O)CN1CCC[C@@H]1c1nncn1CC(C)C. The largest absolute Gasteiger partial charge is 0.389 e. The molecule has 0 radical (unpaired) electrons. The van der Waals surface area contributed by atoms with Crippen LogP contribution in [0.4, 0.5) is 0 Å². The Bertz CT molecular complexity index is 408. The van der Waals surface area contributed by atoms with Gasteiger partial charge in [-0.2, -0.15) is 0 Å². The second-order valence-corrected chi connectivity index (χ2v) is 6.00. The molecule has 0 spiro atoms. The van der Waals surface area contributed by atoms with Gasteiger partial charge in [0.05, 0.1) is 18.8 Å². The van der Waals surface area contributed by atoms with Gasteiger partial charge in [-0.1, -0.05) is 13.8 Å². The van der Waals surface area contributed by atoms with E-state index in [0.717, 1.165) is 31.8 Å². The maximum Gasteiger partial charge on any atom is 0.150 e. The van der Waals surface area contributed by atoms with Gasteiger partial charge in [-0.3, -0.25) is 4.90 Å². The molecule has 0 unspecified atom stereocenters. The van der Waals surface area contributed by atoms with Crippen molar-refractivity contribution in [2.75, 3.05) is 26.8 Å². The van der Waals surface area contributed by atoms with Gasteiger partial charge in [0, 0.05) is 20.2 Å². The maximum atomic E-state index is 9.93. The van der Waals surface area contributed by atoms with Crippen molar-refractivity contribution in [3.8, 4) is 0 Å². The van der Waals surface area contributed by atoms with Crippen LogP contribution in [0.15, 0.2) is 6.33 Å². The van der Waals surface area contributed by atoms with Crippen molar-refractivity contribution < 1.29 is 9.84 Å². The highest BCUT2D eigenvalue weighted by Gasteiger charge is 2.31. The van der Waals surface area contributed by atoms with Crippen LogP contribution in [0.2, 0.25) is 0 Å². The van der Waals surface area contributed by atoms with E-state index in [4.69, 9.17) is 4.74 Å². The Morgan fingerprint density at radius 1 is 1.45 bits per heavy atom. The zero-order chi connectivity index (χ0) is 14.5. The lowest BCUT2D eigenvalue weighted by Crippen LogP contribution is -2.35. The Hall–Kier alpha value is -0.980. The van der Waals surface area contributed by atoms with Gasteiger partial charge in [-0.25, -0.2) is 0 Å². The van der Waals surface area contributed by atoms with Crippen molar-refractivity contribution in [1.82, 2.24) is 19.7 Å². The zero-order valence-electron chi connectivity index (χ0n) is 12.7. The molecule has 1 aromatic heterocycles. The molecule has 1 saturated heterocycles. The summed E-state index contributed by atoms with van der Waals surface area (Å²) in [4.78, 5) is 2.30. The van der Waals surface area contributed by atoms with Crippen LogP contribution in [0.5, 0.6) is 0 Å². The molecule has 0 aromatic carbocycles. The van der Waals surface area contributed by atoms with Crippen LogP contribution in [0.3, 0.4) is 0 Å². The molecule has 6 nitrogen and oxygen atoms in total. The van der Waals surface area contributed by atoms with Crippen molar-refractivity contribution in [1.29, 1.82) is 0 Å². The average Bonchev–Trinajstić information content (AvgIpc) is 2.97. The van der Waals surface area contributed by atoms with Crippen LogP contribution in [0.25, 0.3) is 0 Å². The highest BCUT2D eigenvalue weighted by atomic mass is 16.5. The summed E-state index contributed by atoms with van der Waals surface area (Å²) >= 11 is 0. The number of hydrogen-bond donors (Lipinski definition) is 1. The number of hydrogen-bond acceptors (Lipinski definition) is 5. The number of aliphatic hydroxyl groups excluding tert-OH is 1. The van der Waals surface area contributed by atoms with E-state index in [2.05, 4.69) is 33.5 Å². The molecule has 1 N–H and O–H groups in total. The van der Waals surface area contributed by atoms with Crippen LogP contribution >= 0.6 is 0 Å². The van der Waals surface area contributed by atoms with Crippen molar-refractivity contribution >= 4 is 0 Å². The second kappa shape index (κ2) is 7.15. The first-order valence-electron chi connectivity index (χ1n) is 7.40. The highest BCUT2D eigenvalue weighted by molar-refractivity contribution is 4.99. The van der Waals surface area contributed by atoms with E-state index < -0.39 is 6.10 Å². The molecule has 6 heteroatoms. The van der Waals surface area contributed by atoms with Gasteiger partial charge in [-0.15, -0.1) is 10.2 Å². The summed E-state index contributed by atoms with van der Waals surface area (Å²) in [6, 6.07) is 0.266. The highest BCUT2D eigenvalue weighted by Crippen LogP contribution is 2.30. The lowest BCUT2D eigenvalue weighted by Gasteiger charge is -2.26. The van der Waals surface area contributed by atoms with Crippen molar-refractivity contribution in [2.24, 2.45) is 5.92 Å². The first-order valence-corrected chi connectivity index (χ1v) is 7.40. The molecule has 0 aliphatic carbocycles. The minimum atomic E-state index is -0.443. The van der Waals surface area contributed by atoms with Crippen molar-refractivity contribution in [2.45, 2.75) is 45.4 Å². The fraction of sp³-hybridized carbons (Fsp3) is 0.857. The molecule has 2 atom stereocenters. The third kappa shape index (κ3) is 3.77. The molecule has 114 valence electrons. The molecule has 1 aromatic rings. The van der Waals surface area contributed by atoms with E-state index in [0.29, 0.717) is 19.1 Å². The van der Waals surface area contributed by atoms with E-state index >= 15 is 0 Å². The minimum Gasteiger partial charge on any atom is -0.389 e. The van der Waals surface area contributed by atoms with Gasteiger partial charge >= 0.3 is 0 Å². The number of rotatable bonds is 7. The first kappa shape index (κ1) is 15.4. The lowest BCUT2D eigenvalue weighted by molar-refractivity contribution is 0.0334. The van der Waals surface area contributed by atoms with Gasteiger partial charge in [0.25, 0.3) is 0 Å². The number of ether oxygens (including phenoxy) is 1. The fourth-order valence-electron chi connectivity index (χ4n) is 2.91. The molecule has 0 saturated carbocycles. The van der Waals surface area contributed by atoms with Crippen LogP contribution in [0, 0.1) is 5.92 Å². The number of methoxy groups -OCH3 is 1. The van der Waals surface area contributed by atoms with E-state index in [1.165, 1.54) is 0 Å². The molecule has 0 amide bonds. The summed E-state index contributed by atoms with van der Waals surface area (Å²) in [5.41, 5.74) is 0. The molecular formula is C14H26N4O2. The van der Waals surface area contributed by atoms with Crippen molar-refractivity contribution in [3.63, 3.8) is 0 Å². The zero-order valence-corrected chi connectivity index (χ0v) is 12.7. The van der Waals surface area contributed by atoms with Crippen LogP contribution < -0.4 is 0 Å². The van der Waals surface area contributed by atoms with Crippen LogP contribution in [0.1, 0.15) is 38.6 Å². The third-order valence-electron chi connectivity index (χ3n) is 3.67. The Labute approximate surface area is 120 Å². The normalized spacial score (nSPS) is 21.8. The monoisotopic (exact) mass is 282 g/mol. The van der Waals surface area contributed by atoms with Crippen molar-refractivity contribution in [3.05, 3.63) is 12.2 Å². The molecule has 20 heavy (non-hydrogen) atoms. The molecule has 1 fully saturated rings. The van der Waals surface area contributed by atoms with E-state index in [1.54, 1.807) is 7.11 Å². The lowest BCUT2D eigenvalue weighted by atomic mass is 10.1. The molecule has 2 rings (SSSR count). The first-order chi connectivity index (χ1) is 9.61. The Kier molecular flexibility index (Phi) is 5.51. The maximum absolute atomic E-state index is 9.93. The van der Waals surface area contributed by atoms with E-state index in [1.807, 2.05) is 6.33 Å². The third-order valence-corrected chi connectivity index (χ3v) is 3.67. The molecule has 1 aliphatic heterocycles. The number of nitrogens with zero attached hydrogens (tertiary/aromatic N) is 4. The Balaban J connectivity index is 2.05. The fourth-order valence-corrected chi connectivity index (χ4v) is 2.91. The summed E-state index contributed by atoms with van der Waals surface area (Å²) in [5.74, 6) is 1.60. The number of aliphatic hydroxyl groups is 1. The molecule has 2 heterocycles. The van der Waals surface area contributed by atoms with Gasteiger partial charge in [0.2, 0.25) is 0 Å². The molecule has 1 aliphatic rings. The summed E-state index contributed by atoms with van der Waals surface area (Å²) in [7, 11) is 1.62. The summed E-state index contributed by atoms with van der Waals surface area (Å²) in [6.45, 7) is 7.33. The number of aromatic nitrogens is 3. The van der Waals surface area contributed by atoms with Crippen LogP contribution in [-0.2, 0) is 11.3 Å². The van der Waals surface area contributed by atoms with Gasteiger partial charge < -0.3 is 14.4 Å². The quantitative estimate of drug-likeness (QED) is 0.811. The molecule has 0 bridgehead atoms. The smallest absolute Gasteiger partial charge is 0.150 e. The minimum absolute atomic E-state index is 0.266. The standard InChI is InChI=1S/C14H26N4O2/c1-11(2)7-18-10-15-16-14(18)13-5-4-6-17(13)8-12(19)9-20-3/h10-13,19H,4-9H2,1-3H3/t12-,13+/m0/s1. The van der Waals surface area contributed by atoms with Gasteiger partial charge in [0.1, 0.15) is 12.2 Å². The van der Waals surface area contributed by atoms with Crippen LogP contribution in [-0.4, -0.2) is 57.7 Å². The van der Waals surface area contributed by atoms with Gasteiger partial charge in [0.15, 0.2) is 0 Å². The average molecular weight is 282 g/mol. The van der Waals surface area contributed by atoms with Gasteiger partial charge in [-0.05, 0) is 25.3 Å². The predicted octanol–water partition coefficient (Wildman–Crippen LogP) is 1.08. The van der Waals surface area contributed by atoms with E-state index in [-0.39, 0.29) is 6.04 Å². The summed E-state index contributed by atoms with van der Waals surface area (Å²) in [5, 5.41) is 18.3. The summed E-state index contributed by atoms with van der Waals surface area (Å²) in [6.07, 6.45) is 3.59. The van der Waals surface area contributed by atoms with E-state index in [9.17, 15) is 5.11 Å². The second-order valence-electron chi connectivity index (χ2n) is 6.00.